The van der Waals surface area contributed by atoms with Crippen LogP contribution in [0.5, 0.6) is 0 Å². The number of aromatic amines is 1. The van der Waals surface area contributed by atoms with Crippen molar-refractivity contribution in [1.82, 2.24) is 34.8 Å². The van der Waals surface area contributed by atoms with Crippen molar-refractivity contribution in [3.05, 3.63) is 29.1 Å². The van der Waals surface area contributed by atoms with Gasteiger partial charge >= 0.3 is 12.2 Å². The van der Waals surface area contributed by atoms with Crippen LogP contribution in [0, 0.1) is 16.7 Å². The second kappa shape index (κ2) is 7.28. The van der Waals surface area contributed by atoms with Gasteiger partial charge in [0.05, 0.1) is 6.04 Å². The van der Waals surface area contributed by atoms with Crippen LogP contribution in [0.2, 0.25) is 0 Å². The fourth-order valence-electron chi connectivity index (χ4n) is 7.66. The van der Waals surface area contributed by atoms with Crippen molar-refractivity contribution in [2.45, 2.75) is 81.8 Å². The molecule has 1 N–H and O–H groups in total. The monoisotopic (exact) mass is 515 g/mol. The summed E-state index contributed by atoms with van der Waals surface area (Å²) in [5.74, 6) is 3.23. The predicted octanol–water partition coefficient (Wildman–Crippen LogP) is 4.49. The standard InChI is InChI=1S/C26H32F3N7O/c27-26(28,29)20-17(10-36(33-20)19-3-4-19)5-15-6-24(7-15)11-34(12-24)23(37)35-13-25(14-35)8-18(9-25)22-30-21(31-32-22)16-1-2-16/h10,15-16,18-19H,1-9,11-14H2,(H,30,31,32). The number of amides is 2. The number of hydrogen-bond acceptors (Lipinski definition) is 4. The molecule has 4 aliphatic carbocycles. The minimum atomic E-state index is -4.40. The first-order valence-corrected chi connectivity index (χ1v) is 13.8. The number of urea groups is 1. The van der Waals surface area contributed by atoms with Crippen molar-refractivity contribution in [2.75, 3.05) is 26.2 Å². The molecule has 0 aromatic carbocycles. The first-order valence-electron chi connectivity index (χ1n) is 13.8. The van der Waals surface area contributed by atoms with Gasteiger partial charge in [-0.1, -0.05) is 0 Å². The maximum atomic E-state index is 13.5. The Kier molecular flexibility index (Phi) is 4.41. The van der Waals surface area contributed by atoms with Gasteiger partial charge < -0.3 is 9.80 Å². The quantitative estimate of drug-likeness (QED) is 0.636. The number of halogens is 3. The van der Waals surface area contributed by atoms with Crippen LogP contribution in [0.15, 0.2) is 6.20 Å². The third-order valence-corrected chi connectivity index (χ3v) is 9.80. The smallest absolute Gasteiger partial charge is 0.323 e. The zero-order valence-corrected chi connectivity index (χ0v) is 20.8. The maximum Gasteiger partial charge on any atom is 0.435 e. The molecule has 0 unspecified atom stereocenters. The highest BCUT2D eigenvalue weighted by atomic mass is 19.4. The van der Waals surface area contributed by atoms with Gasteiger partial charge in [0.15, 0.2) is 11.5 Å². The van der Waals surface area contributed by atoms with E-state index < -0.39 is 11.9 Å². The van der Waals surface area contributed by atoms with Crippen molar-refractivity contribution < 1.29 is 18.0 Å². The summed E-state index contributed by atoms with van der Waals surface area (Å²) in [6, 6.07) is 0.268. The molecule has 198 valence electrons. The molecule has 8 rings (SSSR count). The first kappa shape index (κ1) is 22.4. The van der Waals surface area contributed by atoms with Crippen molar-refractivity contribution >= 4 is 6.03 Å². The summed E-state index contributed by atoms with van der Waals surface area (Å²) >= 11 is 0. The van der Waals surface area contributed by atoms with E-state index >= 15 is 0 Å². The molecule has 0 radical (unpaired) electrons. The van der Waals surface area contributed by atoms with Crippen LogP contribution >= 0.6 is 0 Å². The Morgan fingerprint density at radius 3 is 2.22 bits per heavy atom. The molecule has 2 aromatic heterocycles. The van der Waals surface area contributed by atoms with Gasteiger partial charge in [0, 0.05) is 60.6 Å². The number of hydrogen-bond donors (Lipinski definition) is 1. The molecule has 0 bridgehead atoms. The van der Waals surface area contributed by atoms with E-state index in [9.17, 15) is 18.0 Å². The van der Waals surface area contributed by atoms with E-state index in [0.29, 0.717) is 23.8 Å². The Labute approximate surface area is 213 Å². The SMILES string of the molecule is O=C(N1CC2(CC(Cc3cn(C4CC4)nc3C(F)(F)F)C2)C1)N1CC2(CC(c3n[nH]c(C4CC4)n3)C2)C1. The fraction of sp³-hybridized carbons (Fsp3) is 0.769. The normalized spacial score (nSPS) is 26.7. The maximum absolute atomic E-state index is 13.5. The Morgan fingerprint density at radius 1 is 0.973 bits per heavy atom. The molecule has 6 fully saturated rings. The fourth-order valence-corrected chi connectivity index (χ4v) is 7.66. The zero-order valence-electron chi connectivity index (χ0n) is 20.8. The van der Waals surface area contributed by atoms with Crippen molar-refractivity contribution in [3.8, 4) is 0 Å². The second-order valence-corrected chi connectivity index (χ2v) is 13.1. The van der Waals surface area contributed by atoms with Crippen molar-refractivity contribution in [3.63, 3.8) is 0 Å². The molecule has 6 aliphatic rings. The number of H-pyrrole nitrogens is 1. The third-order valence-electron chi connectivity index (χ3n) is 9.80. The van der Waals surface area contributed by atoms with Gasteiger partial charge in [-0.3, -0.25) is 9.78 Å². The molecule has 2 amide bonds. The zero-order chi connectivity index (χ0) is 25.2. The van der Waals surface area contributed by atoms with E-state index in [0.717, 1.165) is 76.4 Å². The van der Waals surface area contributed by atoms with E-state index in [-0.39, 0.29) is 28.8 Å². The largest absolute Gasteiger partial charge is 0.435 e. The van der Waals surface area contributed by atoms with Crippen LogP contribution in [0.4, 0.5) is 18.0 Å². The average Bonchev–Trinajstić information content (AvgIpc) is 3.67. The number of alkyl halides is 3. The van der Waals surface area contributed by atoms with E-state index in [1.54, 1.807) is 6.20 Å². The molecular formula is C26H32F3N7O. The molecule has 4 saturated carbocycles. The van der Waals surface area contributed by atoms with Gasteiger partial charge in [0.2, 0.25) is 0 Å². The summed E-state index contributed by atoms with van der Waals surface area (Å²) in [6.45, 7) is 3.12. The van der Waals surface area contributed by atoms with Crippen LogP contribution < -0.4 is 0 Å². The number of aromatic nitrogens is 5. The van der Waals surface area contributed by atoms with Gasteiger partial charge in [-0.25, -0.2) is 9.78 Å². The van der Waals surface area contributed by atoms with Gasteiger partial charge in [0.25, 0.3) is 0 Å². The van der Waals surface area contributed by atoms with Gasteiger partial charge in [-0.05, 0) is 63.7 Å². The Balaban J connectivity index is 0.804. The number of likely N-dealkylation sites (tertiary alicyclic amines) is 2. The molecule has 2 saturated heterocycles. The molecule has 2 aromatic rings. The summed E-state index contributed by atoms with van der Waals surface area (Å²) in [6.07, 6.45) is 5.81. The minimum Gasteiger partial charge on any atom is -0.323 e. The van der Waals surface area contributed by atoms with Crippen molar-refractivity contribution in [1.29, 1.82) is 0 Å². The molecule has 8 nitrogen and oxygen atoms in total. The van der Waals surface area contributed by atoms with Crippen LogP contribution in [0.25, 0.3) is 0 Å². The van der Waals surface area contributed by atoms with Crippen LogP contribution in [-0.2, 0) is 12.6 Å². The Morgan fingerprint density at radius 2 is 1.62 bits per heavy atom. The van der Waals surface area contributed by atoms with Crippen LogP contribution in [0.1, 0.15) is 92.2 Å². The first-order chi connectivity index (χ1) is 17.7. The van der Waals surface area contributed by atoms with Crippen LogP contribution in [0.3, 0.4) is 0 Å². The molecule has 2 spiro atoms. The number of carbonyl (C=O) groups is 1. The third kappa shape index (κ3) is 3.70. The minimum absolute atomic E-state index is 0.111. The Hall–Kier alpha value is -2.59. The highest BCUT2D eigenvalue weighted by molar-refractivity contribution is 5.77. The van der Waals surface area contributed by atoms with Gasteiger partial charge in [0.1, 0.15) is 5.82 Å². The molecular weight excluding hydrogens is 483 g/mol. The van der Waals surface area contributed by atoms with Crippen LogP contribution in [-0.4, -0.2) is 67.0 Å². The highest BCUT2D eigenvalue weighted by Gasteiger charge is 2.59. The summed E-state index contributed by atoms with van der Waals surface area (Å²) in [5.41, 5.74) is -0.0151. The van der Waals surface area contributed by atoms with E-state index in [1.165, 1.54) is 17.5 Å². The van der Waals surface area contributed by atoms with Gasteiger partial charge in [-0.15, -0.1) is 0 Å². The predicted molar refractivity (Wildman–Crippen MR) is 126 cm³/mol. The topological polar surface area (TPSA) is 82.9 Å². The Bertz CT molecular complexity index is 1230. The summed E-state index contributed by atoms with van der Waals surface area (Å²) < 4.78 is 42.0. The van der Waals surface area contributed by atoms with E-state index in [1.807, 2.05) is 9.80 Å². The lowest BCUT2D eigenvalue weighted by Gasteiger charge is -2.63. The second-order valence-electron chi connectivity index (χ2n) is 13.1. The summed E-state index contributed by atoms with van der Waals surface area (Å²) in [7, 11) is 0. The van der Waals surface area contributed by atoms with E-state index in [2.05, 4.69) is 15.3 Å². The lowest BCUT2D eigenvalue weighted by Crippen LogP contribution is -2.71. The average molecular weight is 516 g/mol. The number of nitrogens with one attached hydrogen (secondary N) is 1. The lowest BCUT2D eigenvalue weighted by atomic mass is 9.56. The summed E-state index contributed by atoms with van der Waals surface area (Å²) in [4.78, 5) is 21.6. The molecule has 11 heteroatoms. The number of carbonyl (C=O) groups excluding carboxylic acids is 1. The molecule has 2 aliphatic heterocycles. The van der Waals surface area contributed by atoms with Crippen molar-refractivity contribution in [2.24, 2.45) is 16.7 Å². The highest BCUT2D eigenvalue weighted by Crippen LogP contribution is 2.57. The molecule has 4 heterocycles. The lowest BCUT2D eigenvalue weighted by molar-refractivity contribution is -0.142. The van der Waals surface area contributed by atoms with Gasteiger partial charge in [-0.2, -0.15) is 23.4 Å². The number of rotatable bonds is 5. The molecule has 37 heavy (non-hydrogen) atoms. The summed E-state index contributed by atoms with van der Waals surface area (Å²) in [5, 5.41) is 11.4. The molecule has 0 atom stereocenters. The van der Waals surface area contributed by atoms with E-state index in [4.69, 9.17) is 4.98 Å². The number of nitrogens with zero attached hydrogens (tertiary/aromatic N) is 6.